The van der Waals surface area contributed by atoms with E-state index >= 15 is 0 Å². The van der Waals surface area contributed by atoms with Gasteiger partial charge in [-0.2, -0.15) is 0 Å². The van der Waals surface area contributed by atoms with Crippen LogP contribution >= 0.6 is 11.3 Å². The summed E-state index contributed by atoms with van der Waals surface area (Å²) in [6.07, 6.45) is 0. The van der Waals surface area contributed by atoms with E-state index in [9.17, 15) is 0 Å². The summed E-state index contributed by atoms with van der Waals surface area (Å²) in [6.45, 7) is 10.6. The summed E-state index contributed by atoms with van der Waals surface area (Å²) in [5, 5.41) is 1.16. The number of aromatic nitrogens is 1. The van der Waals surface area contributed by atoms with Gasteiger partial charge in [-0.1, -0.05) is 0 Å². The normalized spacial score (nSPS) is 10.3. The van der Waals surface area contributed by atoms with Crippen molar-refractivity contribution in [1.29, 1.82) is 0 Å². The highest BCUT2D eigenvalue weighted by Crippen LogP contribution is 2.24. The summed E-state index contributed by atoms with van der Waals surface area (Å²) >= 11 is 1.79. The van der Waals surface area contributed by atoms with Gasteiger partial charge >= 0.3 is 0 Å². The molecule has 0 aliphatic rings. The molecule has 0 aliphatic carbocycles. The Hall–Kier alpha value is -0.570. The Morgan fingerprint density at radius 1 is 1.25 bits per heavy atom. The molecule has 0 unspecified atom stereocenters. The Kier molecular flexibility index (Phi) is 3.09. The summed E-state index contributed by atoms with van der Waals surface area (Å²) in [4.78, 5) is 8.11. The zero-order valence-corrected chi connectivity index (χ0v) is 9.03. The van der Waals surface area contributed by atoms with Gasteiger partial charge in [-0.25, -0.2) is 4.98 Å². The molecule has 0 bridgehead atoms. The second-order valence-electron chi connectivity index (χ2n) is 2.81. The van der Waals surface area contributed by atoms with Gasteiger partial charge in [0.1, 0.15) is 0 Å². The molecule has 12 heavy (non-hydrogen) atoms. The lowest BCUT2D eigenvalue weighted by Crippen LogP contribution is -2.21. The van der Waals surface area contributed by atoms with E-state index in [0.29, 0.717) is 0 Å². The topological polar surface area (TPSA) is 16.1 Å². The molecule has 1 rings (SSSR count). The van der Waals surface area contributed by atoms with Crippen LogP contribution in [0.3, 0.4) is 0 Å². The molecule has 0 radical (unpaired) electrons. The third-order valence-corrected chi connectivity index (χ3v) is 3.18. The molecule has 0 aliphatic heterocycles. The predicted molar refractivity (Wildman–Crippen MR) is 55.1 cm³/mol. The summed E-state index contributed by atoms with van der Waals surface area (Å²) in [5.41, 5.74) is 1.17. The fraction of sp³-hybridized carbons (Fsp3) is 0.667. The molecule has 0 saturated heterocycles. The molecule has 3 heteroatoms. The van der Waals surface area contributed by atoms with E-state index in [1.54, 1.807) is 11.3 Å². The molecular formula is C9H16N2S. The van der Waals surface area contributed by atoms with Crippen molar-refractivity contribution in [2.75, 3.05) is 18.0 Å². The van der Waals surface area contributed by atoms with Crippen molar-refractivity contribution in [2.45, 2.75) is 27.7 Å². The maximum absolute atomic E-state index is 4.50. The summed E-state index contributed by atoms with van der Waals surface area (Å²) in [5.74, 6) is 0. The van der Waals surface area contributed by atoms with Gasteiger partial charge in [-0.3, -0.25) is 0 Å². The van der Waals surface area contributed by atoms with Gasteiger partial charge in [-0.05, 0) is 27.7 Å². The van der Waals surface area contributed by atoms with Crippen molar-refractivity contribution in [2.24, 2.45) is 0 Å². The third kappa shape index (κ3) is 1.78. The molecule has 0 amide bonds. The van der Waals surface area contributed by atoms with E-state index < -0.39 is 0 Å². The molecule has 1 aromatic heterocycles. The smallest absolute Gasteiger partial charge is 0.185 e. The van der Waals surface area contributed by atoms with Crippen LogP contribution in [0.4, 0.5) is 5.13 Å². The molecule has 0 N–H and O–H groups in total. The summed E-state index contributed by atoms with van der Waals surface area (Å²) in [7, 11) is 0. The first-order valence-corrected chi connectivity index (χ1v) is 5.19. The van der Waals surface area contributed by atoms with Crippen LogP contribution in [0.2, 0.25) is 0 Å². The molecule has 68 valence electrons. The van der Waals surface area contributed by atoms with Gasteiger partial charge in [0.25, 0.3) is 0 Å². The third-order valence-electron chi connectivity index (χ3n) is 2.05. The number of anilines is 1. The summed E-state index contributed by atoms with van der Waals surface area (Å²) < 4.78 is 0. The van der Waals surface area contributed by atoms with Gasteiger partial charge < -0.3 is 4.90 Å². The van der Waals surface area contributed by atoms with Crippen LogP contribution in [0, 0.1) is 13.8 Å². The highest BCUT2D eigenvalue weighted by atomic mass is 32.1. The Morgan fingerprint density at radius 2 is 1.83 bits per heavy atom. The highest BCUT2D eigenvalue weighted by molar-refractivity contribution is 7.15. The van der Waals surface area contributed by atoms with Crippen LogP contribution < -0.4 is 4.90 Å². The first kappa shape index (κ1) is 9.52. The van der Waals surface area contributed by atoms with Crippen LogP contribution in [0.5, 0.6) is 0 Å². The quantitative estimate of drug-likeness (QED) is 0.718. The monoisotopic (exact) mass is 184 g/mol. The largest absolute Gasteiger partial charge is 0.349 e. The average Bonchev–Trinajstić information content (AvgIpc) is 2.35. The fourth-order valence-corrected chi connectivity index (χ4v) is 2.12. The molecule has 2 nitrogen and oxygen atoms in total. The lowest BCUT2D eigenvalue weighted by molar-refractivity contribution is 0.857. The van der Waals surface area contributed by atoms with E-state index in [1.807, 2.05) is 0 Å². The Labute approximate surface area is 78.2 Å². The van der Waals surface area contributed by atoms with Crippen molar-refractivity contribution in [3.05, 3.63) is 10.6 Å². The molecule has 1 aromatic rings. The number of aryl methyl sites for hydroxylation is 2. The maximum Gasteiger partial charge on any atom is 0.185 e. The molecule has 0 spiro atoms. The second kappa shape index (κ2) is 3.90. The fourth-order valence-electron chi connectivity index (χ4n) is 1.09. The number of nitrogens with zero attached hydrogens (tertiary/aromatic N) is 2. The second-order valence-corrected chi connectivity index (χ2v) is 3.99. The van der Waals surface area contributed by atoms with Gasteiger partial charge in [0.15, 0.2) is 5.13 Å². The van der Waals surface area contributed by atoms with Gasteiger partial charge in [0.05, 0.1) is 5.69 Å². The minimum absolute atomic E-state index is 1.04. The highest BCUT2D eigenvalue weighted by Gasteiger charge is 2.07. The van der Waals surface area contributed by atoms with E-state index in [1.165, 1.54) is 10.6 Å². The first-order chi connectivity index (χ1) is 5.69. The van der Waals surface area contributed by atoms with E-state index in [-0.39, 0.29) is 0 Å². The molecular weight excluding hydrogens is 168 g/mol. The van der Waals surface area contributed by atoms with Crippen LogP contribution in [0.1, 0.15) is 24.4 Å². The van der Waals surface area contributed by atoms with Crippen LogP contribution in [0.15, 0.2) is 0 Å². The van der Waals surface area contributed by atoms with Crippen LogP contribution in [0.25, 0.3) is 0 Å². The lowest BCUT2D eigenvalue weighted by atomic mass is 10.4. The minimum Gasteiger partial charge on any atom is -0.349 e. The SMILES string of the molecule is CCN(CC)c1nc(C)c(C)s1. The van der Waals surface area contributed by atoms with Gasteiger partial charge in [0.2, 0.25) is 0 Å². The molecule has 0 saturated carbocycles. The Morgan fingerprint density at radius 3 is 2.17 bits per heavy atom. The average molecular weight is 184 g/mol. The lowest BCUT2D eigenvalue weighted by Gasteiger charge is -2.16. The molecule has 0 aromatic carbocycles. The predicted octanol–water partition coefficient (Wildman–Crippen LogP) is 2.61. The first-order valence-electron chi connectivity index (χ1n) is 4.38. The molecule has 0 atom stereocenters. The van der Waals surface area contributed by atoms with Crippen molar-refractivity contribution >= 4 is 16.5 Å². The Bertz CT molecular complexity index is 232. The van der Waals surface area contributed by atoms with Gasteiger partial charge in [0, 0.05) is 18.0 Å². The van der Waals surface area contributed by atoms with E-state index in [4.69, 9.17) is 0 Å². The van der Waals surface area contributed by atoms with E-state index in [2.05, 4.69) is 37.6 Å². The van der Waals surface area contributed by atoms with Crippen molar-refractivity contribution in [1.82, 2.24) is 4.98 Å². The van der Waals surface area contributed by atoms with Crippen molar-refractivity contribution in [3.63, 3.8) is 0 Å². The number of hydrogen-bond donors (Lipinski definition) is 0. The molecule has 1 heterocycles. The van der Waals surface area contributed by atoms with Crippen molar-refractivity contribution < 1.29 is 0 Å². The standard InChI is InChI=1S/C9H16N2S/c1-5-11(6-2)9-10-7(3)8(4)12-9/h5-6H2,1-4H3. The zero-order valence-electron chi connectivity index (χ0n) is 8.22. The van der Waals surface area contributed by atoms with E-state index in [0.717, 1.165) is 18.2 Å². The van der Waals surface area contributed by atoms with Gasteiger partial charge in [-0.15, -0.1) is 11.3 Å². The number of rotatable bonds is 3. The number of hydrogen-bond acceptors (Lipinski definition) is 3. The molecule has 0 fully saturated rings. The zero-order chi connectivity index (χ0) is 9.14. The van der Waals surface area contributed by atoms with Crippen LogP contribution in [-0.4, -0.2) is 18.1 Å². The minimum atomic E-state index is 1.04. The maximum atomic E-state index is 4.50. The number of thiazole rings is 1. The van der Waals surface area contributed by atoms with Crippen molar-refractivity contribution in [3.8, 4) is 0 Å². The van der Waals surface area contributed by atoms with Crippen LogP contribution in [-0.2, 0) is 0 Å². The Balaban J connectivity index is 2.86. The summed E-state index contributed by atoms with van der Waals surface area (Å²) in [6, 6.07) is 0.